The Morgan fingerprint density at radius 1 is 1.37 bits per heavy atom. The Balaban J connectivity index is 2.36. The number of benzene rings is 1. The van der Waals surface area contributed by atoms with Crippen LogP contribution >= 0.6 is 11.6 Å². The van der Waals surface area contributed by atoms with Crippen molar-refractivity contribution in [3.05, 3.63) is 40.5 Å². The van der Waals surface area contributed by atoms with Crippen LogP contribution in [-0.4, -0.2) is 34.7 Å². The van der Waals surface area contributed by atoms with Gasteiger partial charge in [-0.2, -0.15) is 0 Å². The Labute approximate surface area is 118 Å². The molecule has 2 aromatic rings. The third-order valence-electron chi connectivity index (χ3n) is 3.14. The second-order valence-electron chi connectivity index (χ2n) is 5.06. The number of halogens is 1. The average Bonchev–Trinajstić information content (AvgIpc) is 2.34. The molecular formula is C15H19ClN2O. The second kappa shape index (κ2) is 5.87. The first-order valence-electron chi connectivity index (χ1n) is 6.39. The lowest BCUT2D eigenvalue weighted by Crippen LogP contribution is -2.27. The summed E-state index contributed by atoms with van der Waals surface area (Å²) in [7, 11) is 1.95. The van der Waals surface area contributed by atoms with Crippen molar-refractivity contribution in [2.75, 3.05) is 13.6 Å². The van der Waals surface area contributed by atoms with Gasteiger partial charge < -0.3 is 5.11 Å². The van der Waals surface area contributed by atoms with E-state index in [0.717, 1.165) is 27.2 Å². The minimum absolute atomic E-state index is 0.356. The highest BCUT2D eigenvalue weighted by Gasteiger charge is 2.12. The third-order valence-corrected chi connectivity index (χ3v) is 3.64. The standard InChI is InChI=1S/C15H19ClN2O/c1-10(19)8-18(3)9-14-15(16)11(2)12-6-4-5-7-13(12)17-14/h4-7,10,19H,8-9H2,1-3H3. The lowest BCUT2D eigenvalue weighted by atomic mass is 10.1. The second-order valence-corrected chi connectivity index (χ2v) is 5.44. The van der Waals surface area contributed by atoms with Crippen LogP contribution in [0.5, 0.6) is 0 Å². The number of rotatable bonds is 4. The Morgan fingerprint density at radius 3 is 2.74 bits per heavy atom. The van der Waals surface area contributed by atoms with Crippen molar-refractivity contribution in [3.63, 3.8) is 0 Å². The van der Waals surface area contributed by atoms with Gasteiger partial charge in [0, 0.05) is 18.5 Å². The molecule has 0 aliphatic carbocycles. The Kier molecular flexibility index (Phi) is 4.40. The number of aryl methyl sites for hydroxylation is 1. The van der Waals surface area contributed by atoms with Gasteiger partial charge in [0.2, 0.25) is 0 Å². The molecule has 19 heavy (non-hydrogen) atoms. The third kappa shape index (κ3) is 3.24. The summed E-state index contributed by atoms with van der Waals surface area (Å²) in [4.78, 5) is 6.65. The average molecular weight is 279 g/mol. The van der Waals surface area contributed by atoms with Crippen molar-refractivity contribution in [1.82, 2.24) is 9.88 Å². The molecule has 0 aliphatic heterocycles. The molecule has 0 amide bonds. The summed E-state index contributed by atoms with van der Waals surface area (Å²) in [5, 5.41) is 11.2. The number of likely N-dealkylation sites (N-methyl/N-ethyl adjacent to an activating group) is 1. The van der Waals surface area contributed by atoms with Crippen molar-refractivity contribution < 1.29 is 5.11 Å². The first kappa shape index (κ1) is 14.3. The molecule has 1 aromatic carbocycles. The van der Waals surface area contributed by atoms with Crippen LogP contribution in [0.1, 0.15) is 18.2 Å². The monoisotopic (exact) mass is 278 g/mol. The smallest absolute Gasteiger partial charge is 0.0740 e. The van der Waals surface area contributed by atoms with Gasteiger partial charge in [-0.25, -0.2) is 4.98 Å². The molecule has 0 fully saturated rings. The van der Waals surface area contributed by atoms with Crippen LogP contribution < -0.4 is 0 Å². The van der Waals surface area contributed by atoms with Crippen LogP contribution in [0.25, 0.3) is 10.9 Å². The lowest BCUT2D eigenvalue weighted by molar-refractivity contribution is 0.138. The highest BCUT2D eigenvalue weighted by molar-refractivity contribution is 6.32. The Morgan fingerprint density at radius 2 is 2.05 bits per heavy atom. The number of para-hydroxylation sites is 1. The molecule has 102 valence electrons. The summed E-state index contributed by atoms with van der Waals surface area (Å²) in [6.45, 7) is 5.03. The zero-order chi connectivity index (χ0) is 14.0. The molecule has 0 radical (unpaired) electrons. The van der Waals surface area contributed by atoms with Gasteiger partial charge in [0.15, 0.2) is 0 Å². The molecule has 0 bridgehead atoms. The molecular weight excluding hydrogens is 260 g/mol. The number of pyridine rings is 1. The molecule has 1 N–H and O–H groups in total. The SMILES string of the molecule is Cc1c(Cl)c(CN(C)CC(C)O)nc2ccccc12. The highest BCUT2D eigenvalue weighted by Crippen LogP contribution is 2.27. The maximum atomic E-state index is 9.40. The van der Waals surface area contributed by atoms with Crippen LogP contribution in [0.15, 0.2) is 24.3 Å². The molecule has 1 atom stereocenters. The van der Waals surface area contributed by atoms with Crippen molar-refractivity contribution in [2.45, 2.75) is 26.5 Å². The van der Waals surface area contributed by atoms with E-state index < -0.39 is 0 Å². The number of aliphatic hydroxyl groups excluding tert-OH is 1. The normalized spacial score (nSPS) is 13.2. The van der Waals surface area contributed by atoms with Gasteiger partial charge in [0.1, 0.15) is 0 Å². The van der Waals surface area contributed by atoms with Crippen LogP contribution in [0.4, 0.5) is 0 Å². The summed E-state index contributed by atoms with van der Waals surface area (Å²) >= 11 is 6.40. The predicted octanol–water partition coefficient (Wildman–Crippen LogP) is 3.01. The first-order valence-corrected chi connectivity index (χ1v) is 6.77. The van der Waals surface area contributed by atoms with Gasteiger partial charge in [-0.15, -0.1) is 0 Å². The molecule has 4 heteroatoms. The summed E-state index contributed by atoms with van der Waals surface area (Å²) in [5.74, 6) is 0. The molecule has 1 aromatic heterocycles. The molecule has 2 rings (SSSR count). The maximum absolute atomic E-state index is 9.40. The predicted molar refractivity (Wildman–Crippen MR) is 79.5 cm³/mol. The van der Waals surface area contributed by atoms with Crippen LogP contribution in [0.3, 0.4) is 0 Å². The summed E-state index contributed by atoms with van der Waals surface area (Å²) in [6, 6.07) is 8.00. The van der Waals surface area contributed by atoms with E-state index in [4.69, 9.17) is 11.6 Å². The van der Waals surface area contributed by atoms with Gasteiger partial charge in [-0.05, 0) is 32.5 Å². The molecule has 0 saturated heterocycles. The van der Waals surface area contributed by atoms with Gasteiger partial charge in [-0.3, -0.25) is 4.90 Å². The maximum Gasteiger partial charge on any atom is 0.0740 e. The van der Waals surface area contributed by atoms with Crippen molar-refractivity contribution in [3.8, 4) is 0 Å². The minimum Gasteiger partial charge on any atom is -0.392 e. The van der Waals surface area contributed by atoms with Crippen LogP contribution in [-0.2, 0) is 6.54 Å². The lowest BCUT2D eigenvalue weighted by Gasteiger charge is -2.19. The molecule has 3 nitrogen and oxygen atoms in total. The van der Waals surface area contributed by atoms with E-state index in [1.54, 1.807) is 6.92 Å². The quantitative estimate of drug-likeness (QED) is 0.934. The highest BCUT2D eigenvalue weighted by atomic mass is 35.5. The number of nitrogens with zero attached hydrogens (tertiary/aromatic N) is 2. The number of aliphatic hydroxyl groups is 1. The van der Waals surface area contributed by atoms with Gasteiger partial charge >= 0.3 is 0 Å². The summed E-state index contributed by atoms with van der Waals surface area (Å²) in [6.07, 6.45) is -0.356. The zero-order valence-corrected chi connectivity index (χ0v) is 12.3. The topological polar surface area (TPSA) is 36.4 Å². The number of aromatic nitrogens is 1. The number of fused-ring (bicyclic) bond motifs is 1. The largest absolute Gasteiger partial charge is 0.392 e. The van der Waals surface area contributed by atoms with E-state index in [0.29, 0.717) is 13.1 Å². The van der Waals surface area contributed by atoms with E-state index in [2.05, 4.69) is 4.98 Å². The molecule has 0 spiro atoms. The van der Waals surface area contributed by atoms with E-state index in [9.17, 15) is 5.11 Å². The summed E-state index contributed by atoms with van der Waals surface area (Å²) in [5.41, 5.74) is 2.89. The van der Waals surface area contributed by atoms with E-state index in [-0.39, 0.29) is 6.10 Å². The van der Waals surface area contributed by atoms with E-state index in [1.807, 2.05) is 43.1 Å². The van der Waals surface area contributed by atoms with Crippen molar-refractivity contribution in [2.24, 2.45) is 0 Å². The van der Waals surface area contributed by atoms with Crippen molar-refractivity contribution >= 4 is 22.5 Å². The van der Waals surface area contributed by atoms with Gasteiger partial charge in [0.05, 0.1) is 22.3 Å². The van der Waals surface area contributed by atoms with E-state index >= 15 is 0 Å². The molecule has 1 heterocycles. The Bertz CT molecular complexity index is 584. The van der Waals surface area contributed by atoms with E-state index in [1.165, 1.54) is 0 Å². The van der Waals surface area contributed by atoms with Gasteiger partial charge in [-0.1, -0.05) is 29.8 Å². The fourth-order valence-electron chi connectivity index (χ4n) is 2.29. The van der Waals surface area contributed by atoms with Crippen molar-refractivity contribution in [1.29, 1.82) is 0 Å². The minimum atomic E-state index is -0.356. The molecule has 1 unspecified atom stereocenters. The van der Waals surface area contributed by atoms with Crippen LogP contribution in [0, 0.1) is 6.92 Å². The fraction of sp³-hybridized carbons (Fsp3) is 0.400. The fourth-order valence-corrected chi connectivity index (χ4v) is 2.50. The number of hydrogen-bond acceptors (Lipinski definition) is 3. The van der Waals surface area contributed by atoms with Crippen LogP contribution in [0.2, 0.25) is 5.02 Å². The Hall–Kier alpha value is -1.16. The van der Waals surface area contributed by atoms with Gasteiger partial charge in [0.25, 0.3) is 0 Å². The molecule has 0 aliphatic rings. The zero-order valence-electron chi connectivity index (χ0n) is 11.5. The molecule has 0 saturated carbocycles. The summed E-state index contributed by atoms with van der Waals surface area (Å²) < 4.78 is 0. The number of hydrogen-bond donors (Lipinski definition) is 1. The first-order chi connectivity index (χ1) is 8.99.